The van der Waals surface area contributed by atoms with Crippen molar-refractivity contribution in [1.82, 2.24) is 20.1 Å². The van der Waals surface area contributed by atoms with Gasteiger partial charge in [-0.05, 0) is 44.6 Å². The van der Waals surface area contributed by atoms with Crippen molar-refractivity contribution in [2.24, 2.45) is 5.92 Å². The zero-order chi connectivity index (χ0) is 13.1. The third kappa shape index (κ3) is 2.83. The van der Waals surface area contributed by atoms with Crippen LogP contribution in [0, 0.1) is 5.92 Å². The van der Waals surface area contributed by atoms with Gasteiger partial charge in [-0.15, -0.1) is 0 Å². The molecule has 1 saturated heterocycles. The molecule has 1 aromatic rings. The fourth-order valence-corrected chi connectivity index (χ4v) is 3.55. The van der Waals surface area contributed by atoms with E-state index in [1.165, 1.54) is 50.9 Å². The number of nitrogens with one attached hydrogen (secondary N) is 1. The van der Waals surface area contributed by atoms with Gasteiger partial charge in [-0.1, -0.05) is 19.8 Å². The Morgan fingerprint density at radius 3 is 3.05 bits per heavy atom. The molecule has 1 unspecified atom stereocenters. The molecule has 0 bridgehead atoms. The summed E-state index contributed by atoms with van der Waals surface area (Å²) in [6.45, 7) is 4.38. The summed E-state index contributed by atoms with van der Waals surface area (Å²) in [6, 6.07) is 0. The van der Waals surface area contributed by atoms with Crippen molar-refractivity contribution in [1.29, 1.82) is 0 Å². The highest BCUT2D eigenvalue weighted by atomic mass is 15.3. The summed E-state index contributed by atoms with van der Waals surface area (Å²) >= 11 is 0. The maximum atomic E-state index is 4.53. The van der Waals surface area contributed by atoms with E-state index in [4.69, 9.17) is 0 Å². The molecule has 0 amide bonds. The second kappa shape index (κ2) is 5.61. The molecule has 3 rings (SSSR count). The number of nitrogens with zero attached hydrogens (tertiary/aromatic N) is 3. The molecule has 2 aliphatic rings. The summed E-state index contributed by atoms with van der Waals surface area (Å²) in [5.74, 6) is 2.06. The fourth-order valence-electron chi connectivity index (χ4n) is 3.55. The minimum atomic E-state index is 0.315. The van der Waals surface area contributed by atoms with Gasteiger partial charge in [0.15, 0.2) is 0 Å². The lowest BCUT2D eigenvalue weighted by atomic mass is 9.84. The third-order valence-electron chi connectivity index (χ3n) is 4.74. The summed E-state index contributed by atoms with van der Waals surface area (Å²) in [7, 11) is 0. The van der Waals surface area contributed by atoms with E-state index in [9.17, 15) is 0 Å². The molecule has 1 aliphatic heterocycles. The van der Waals surface area contributed by atoms with Crippen LogP contribution in [0.3, 0.4) is 0 Å². The molecule has 0 aromatic carbocycles. The largest absolute Gasteiger partial charge is 0.311 e. The number of hydrogen-bond donors (Lipinski definition) is 1. The predicted molar refractivity (Wildman–Crippen MR) is 75.9 cm³/mol. The summed E-state index contributed by atoms with van der Waals surface area (Å²) < 4.78 is 2.11. The fraction of sp³-hybridized carbons (Fsp3) is 0.867. The lowest BCUT2D eigenvalue weighted by Crippen LogP contribution is -2.49. The molecule has 19 heavy (non-hydrogen) atoms. The first-order chi connectivity index (χ1) is 9.34. The Kier molecular flexibility index (Phi) is 3.87. The van der Waals surface area contributed by atoms with Crippen LogP contribution in [0.2, 0.25) is 0 Å². The Labute approximate surface area is 116 Å². The van der Waals surface area contributed by atoms with E-state index >= 15 is 0 Å². The number of aromatic nitrogens is 3. The van der Waals surface area contributed by atoms with Crippen LogP contribution < -0.4 is 5.32 Å². The van der Waals surface area contributed by atoms with E-state index < -0.39 is 0 Å². The zero-order valence-corrected chi connectivity index (χ0v) is 12.1. The number of hydrogen-bond acceptors (Lipinski definition) is 3. The highest BCUT2D eigenvalue weighted by Gasteiger charge is 2.45. The van der Waals surface area contributed by atoms with Crippen LogP contribution in [0.15, 0.2) is 6.33 Å². The monoisotopic (exact) mass is 262 g/mol. The molecular formula is C15H26N4. The Morgan fingerprint density at radius 1 is 1.37 bits per heavy atom. The van der Waals surface area contributed by atoms with Gasteiger partial charge >= 0.3 is 0 Å². The van der Waals surface area contributed by atoms with Crippen LogP contribution in [0.1, 0.15) is 57.7 Å². The Hall–Kier alpha value is -0.900. The first-order valence-corrected chi connectivity index (χ1v) is 7.96. The van der Waals surface area contributed by atoms with Crippen LogP contribution in [0.25, 0.3) is 0 Å². The summed E-state index contributed by atoms with van der Waals surface area (Å²) in [5.41, 5.74) is 0.315. The quantitative estimate of drug-likeness (QED) is 0.886. The molecule has 1 N–H and O–H groups in total. The first kappa shape index (κ1) is 13.1. The SMILES string of the molecule is CCCn1ncnc1CC1(C2CC2)CCCCCN1. The minimum absolute atomic E-state index is 0.315. The summed E-state index contributed by atoms with van der Waals surface area (Å²) in [6.07, 6.45) is 12.1. The molecule has 1 aliphatic carbocycles. The Morgan fingerprint density at radius 2 is 2.26 bits per heavy atom. The third-order valence-corrected chi connectivity index (χ3v) is 4.74. The lowest BCUT2D eigenvalue weighted by Gasteiger charge is -2.34. The molecule has 4 heteroatoms. The highest BCUT2D eigenvalue weighted by Crippen LogP contribution is 2.44. The Bertz CT molecular complexity index is 400. The van der Waals surface area contributed by atoms with E-state index in [1.54, 1.807) is 6.33 Å². The van der Waals surface area contributed by atoms with E-state index in [1.807, 2.05) is 0 Å². The van der Waals surface area contributed by atoms with Crippen molar-refractivity contribution in [2.45, 2.75) is 70.4 Å². The van der Waals surface area contributed by atoms with Gasteiger partial charge in [-0.3, -0.25) is 4.68 Å². The van der Waals surface area contributed by atoms with Gasteiger partial charge in [0.2, 0.25) is 0 Å². The highest BCUT2D eigenvalue weighted by molar-refractivity contribution is 5.07. The van der Waals surface area contributed by atoms with Gasteiger partial charge in [0.25, 0.3) is 0 Å². The molecule has 0 spiro atoms. The molecule has 2 fully saturated rings. The van der Waals surface area contributed by atoms with E-state index in [0.29, 0.717) is 5.54 Å². The first-order valence-electron chi connectivity index (χ1n) is 7.96. The molecule has 1 saturated carbocycles. The average molecular weight is 262 g/mol. The van der Waals surface area contributed by atoms with Crippen molar-refractivity contribution in [3.05, 3.63) is 12.2 Å². The van der Waals surface area contributed by atoms with Crippen molar-refractivity contribution < 1.29 is 0 Å². The van der Waals surface area contributed by atoms with Gasteiger partial charge in [0.05, 0.1) is 0 Å². The molecule has 0 radical (unpaired) electrons. The topological polar surface area (TPSA) is 42.7 Å². The number of rotatable bonds is 5. The standard InChI is InChI=1S/C15H26N4/c1-2-10-19-14(16-12-18-19)11-15(13-6-7-13)8-4-3-5-9-17-15/h12-13,17H,2-11H2,1H3. The van der Waals surface area contributed by atoms with Crippen LogP contribution >= 0.6 is 0 Å². The average Bonchev–Trinajstić information content (AvgIpc) is 3.20. The van der Waals surface area contributed by atoms with Gasteiger partial charge in [-0.2, -0.15) is 5.10 Å². The smallest absolute Gasteiger partial charge is 0.138 e. The maximum absolute atomic E-state index is 4.53. The summed E-state index contributed by atoms with van der Waals surface area (Å²) in [4.78, 5) is 4.53. The van der Waals surface area contributed by atoms with Gasteiger partial charge in [0.1, 0.15) is 12.2 Å². The predicted octanol–water partition coefficient (Wildman–Crippen LogP) is 2.54. The van der Waals surface area contributed by atoms with Crippen molar-refractivity contribution in [3.63, 3.8) is 0 Å². The number of aryl methyl sites for hydroxylation is 1. The molecule has 1 aromatic heterocycles. The van der Waals surface area contributed by atoms with Gasteiger partial charge in [-0.25, -0.2) is 4.98 Å². The molecular weight excluding hydrogens is 236 g/mol. The Balaban J connectivity index is 1.78. The van der Waals surface area contributed by atoms with Crippen LogP contribution in [0.5, 0.6) is 0 Å². The maximum Gasteiger partial charge on any atom is 0.138 e. The second-order valence-corrected chi connectivity index (χ2v) is 6.24. The van der Waals surface area contributed by atoms with E-state index in [2.05, 4.69) is 27.0 Å². The molecule has 2 heterocycles. The zero-order valence-electron chi connectivity index (χ0n) is 12.1. The summed E-state index contributed by atoms with van der Waals surface area (Å²) in [5, 5.41) is 8.27. The molecule has 106 valence electrons. The normalized spacial score (nSPS) is 28.3. The molecule has 4 nitrogen and oxygen atoms in total. The van der Waals surface area contributed by atoms with Crippen molar-refractivity contribution in [3.8, 4) is 0 Å². The van der Waals surface area contributed by atoms with Crippen molar-refractivity contribution >= 4 is 0 Å². The van der Waals surface area contributed by atoms with Crippen LogP contribution in [-0.4, -0.2) is 26.8 Å². The second-order valence-electron chi connectivity index (χ2n) is 6.24. The van der Waals surface area contributed by atoms with E-state index in [0.717, 1.165) is 25.3 Å². The minimum Gasteiger partial charge on any atom is -0.311 e. The van der Waals surface area contributed by atoms with E-state index in [-0.39, 0.29) is 0 Å². The van der Waals surface area contributed by atoms with Gasteiger partial charge < -0.3 is 5.32 Å². The molecule has 1 atom stereocenters. The van der Waals surface area contributed by atoms with Gasteiger partial charge in [0, 0.05) is 18.5 Å². The van der Waals surface area contributed by atoms with Crippen molar-refractivity contribution in [2.75, 3.05) is 6.54 Å². The lowest BCUT2D eigenvalue weighted by molar-refractivity contribution is 0.262. The van der Waals surface area contributed by atoms with Crippen LogP contribution in [0.4, 0.5) is 0 Å². The van der Waals surface area contributed by atoms with Crippen LogP contribution in [-0.2, 0) is 13.0 Å².